The standard InChI is InChI=1S/C23H16BNS/c1-2-8-17-15-16(7-1)18-9-3-5-11-21(18)25-22-12-6-4-10-19(22)20-13-14-26-23(20)24(17)25/h1-14,18,21H. The van der Waals surface area contributed by atoms with E-state index in [0.29, 0.717) is 12.0 Å². The minimum atomic E-state index is 0.220. The van der Waals surface area contributed by atoms with Crippen molar-refractivity contribution in [3.05, 3.63) is 101 Å². The van der Waals surface area contributed by atoms with Gasteiger partial charge in [-0.3, -0.25) is 0 Å². The molecule has 2 unspecified atom stereocenters. The fraction of sp³-hybridized carbons (Fsp3) is 0.0870. The molecule has 1 aromatic heterocycles. The predicted octanol–water partition coefficient (Wildman–Crippen LogP) is 4.67. The van der Waals surface area contributed by atoms with Gasteiger partial charge in [0.1, 0.15) is 0 Å². The van der Waals surface area contributed by atoms with Gasteiger partial charge in [0.05, 0.1) is 0 Å². The lowest BCUT2D eigenvalue weighted by atomic mass is 9.49. The average molecular weight is 349 g/mol. The maximum atomic E-state index is 3.78. The number of hydrogen-bond acceptors (Lipinski definition) is 2. The average Bonchev–Trinajstić information content (AvgIpc) is 2.99. The predicted molar refractivity (Wildman–Crippen MR) is 112 cm³/mol. The first-order chi connectivity index (χ1) is 12.9. The molecule has 122 valence electrons. The van der Waals surface area contributed by atoms with E-state index in [1.54, 1.807) is 0 Å². The molecule has 3 heterocycles. The second-order valence-electron chi connectivity index (χ2n) is 7.07. The highest BCUT2D eigenvalue weighted by molar-refractivity contribution is 7.24. The third-order valence-electron chi connectivity index (χ3n) is 5.73. The summed E-state index contributed by atoms with van der Waals surface area (Å²) in [5.41, 5.74) is 10.4. The zero-order valence-corrected chi connectivity index (χ0v) is 15.0. The van der Waals surface area contributed by atoms with E-state index in [1.807, 2.05) is 11.3 Å². The summed E-state index contributed by atoms with van der Waals surface area (Å²) in [6.07, 6.45) is 17.8. The Kier molecular flexibility index (Phi) is 2.99. The lowest BCUT2D eigenvalue weighted by Crippen LogP contribution is -2.57. The maximum Gasteiger partial charge on any atom is 0.343 e. The van der Waals surface area contributed by atoms with Gasteiger partial charge >= 0.3 is 6.85 Å². The number of rotatable bonds is 0. The molecule has 26 heavy (non-hydrogen) atoms. The molecule has 3 heteroatoms. The number of para-hydroxylation sites is 1. The van der Waals surface area contributed by atoms with Crippen LogP contribution in [0.1, 0.15) is 0 Å². The van der Waals surface area contributed by atoms with Gasteiger partial charge in [0, 0.05) is 33.6 Å². The largest absolute Gasteiger partial charge is 0.398 e. The normalized spacial score (nSPS) is 24.0. The zero-order valence-electron chi connectivity index (χ0n) is 14.2. The summed E-state index contributed by atoms with van der Waals surface area (Å²) in [5.74, 6) is 0.325. The van der Waals surface area contributed by atoms with Crippen molar-refractivity contribution >= 4 is 28.6 Å². The highest BCUT2D eigenvalue weighted by atomic mass is 32.1. The number of fused-ring (bicyclic) bond motifs is 10. The van der Waals surface area contributed by atoms with Crippen molar-refractivity contribution < 1.29 is 0 Å². The van der Waals surface area contributed by atoms with E-state index in [0.717, 1.165) is 0 Å². The molecule has 1 nitrogen and oxygen atoms in total. The smallest absolute Gasteiger partial charge is 0.343 e. The van der Waals surface area contributed by atoms with Crippen LogP contribution in [0.3, 0.4) is 0 Å². The maximum absolute atomic E-state index is 3.78. The quantitative estimate of drug-likeness (QED) is 0.493. The monoisotopic (exact) mass is 349 g/mol. The molecule has 0 saturated carbocycles. The van der Waals surface area contributed by atoms with Gasteiger partial charge in [-0.05, 0) is 28.5 Å². The first-order valence-corrected chi connectivity index (χ1v) is 9.95. The van der Waals surface area contributed by atoms with Crippen LogP contribution < -0.4 is 9.59 Å². The summed E-state index contributed by atoms with van der Waals surface area (Å²) < 4.78 is 1.43. The van der Waals surface area contributed by atoms with Crippen LogP contribution in [0.5, 0.6) is 0 Å². The topological polar surface area (TPSA) is 3.24 Å². The van der Waals surface area contributed by atoms with Gasteiger partial charge in [-0.2, -0.15) is 11.3 Å². The molecule has 2 atom stereocenters. The minimum absolute atomic E-state index is 0.220. The lowest BCUT2D eigenvalue weighted by Gasteiger charge is -2.43. The fourth-order valence-corrected chi connectivity index (χ4v) is 5.67. The van der Waals surface area contributed by atoms with Crippen molar-refractivity contribution in [3.63, 3.8) is 0 Å². The first kappa shape index (κ1) is 14.4. The molecule has 0 N–H and O–H groups in total. The van der Waals surface area contributed by atoms with Crippen molar-refractivity contribution in [2.45, 2.75) is 6.04 Å². The molecule has 0 amide bonds. The molecule has 0 fully saturated rings. The summed E-state index contributed by atoms with van der Waals surface area (Å²) in [5, 5.41) is 2.23. The molecular formula is C23H16BNS. The summed E-state index contributed by atoms with van der Waals surface area (Å²) >= 11 is 1.87. The second-order valence-corrected chi connectivity index (χ2v) is 8.01. The van der Waals surface area contributed by atoms with E-state index in [1.165, 1.54) is 32.6 Å². The van der Waals surface area contributed by atoms with Crippen LogP contribution in [0.25, 0.3) is 11.1 Å². The summed E-state index contributed by atoms with van der Waals surface area (Å²) in [4.78, 5) is 2.62. The zero-order chi connectivity index (χ0) is 17.1. The van der Waals surface area contributed by atoms with Crippen LogP contribution in [0.2, 0.25) is 0 Å². The number of thiophene rings is 1. The van der Waals surface area contributed by atoms with E-state index in [-0.39, 0.29) is 6.85 Å². The number of nitrogens with zero attached hydrogens (tertiary/aromatic N) is 1. The van der Waals surface area contributed by atoms with Crippen molar-refractivity contribution in [1.82, 2.24) is 0 Å². The van der Waals surface area contributed by atoms with Crippen LogP contribution >= 0.6 is 11.3 Å². The van der Waals surface area contributed by atoms with Crippen LogP contribution in [-0.4, -0.2) is 12.9 Å². The Morgan fingerprint density at radius 2 is 1.81 bits per heavy atom. The molecule has 2 bridgehead atoms. The molecule has 6 rings (SSSR count). The summed E-state index contributed by atoms with van der Waals surface area (Å²) in [6.45, 7) is 0.220. The van der Waals surface area contributed by atoms with Crippen molar-refractivity contribution in [1.29, 1.82) is 0 Å². The van der Waals surface area contributed by atoms with Gasteiger partial charge in [-0.25, -0.2) is 0 Å². The molecule has 2 aliphatic heterocycles. The highest BCUT2D eigenvalue weighted by Gasteiger charge is 2.44. The number of anilines is 1. The van der Waals surface area contributed by atoms with Crippen molar-refractivity contribution in [2.24, 2.45) is 5.92 Å². The first-order valence-electron chi connectivity index (χ1n) is 9.07. The Hall–Kier alpha value is -2.74. The summed E-state index contributed by atoms with van der Waals surface area (Å²) in [6, 6.07) is 11.4. The molecule has 1 aromatic carbocycles. The van der Waals surface area contributed by atoms with Gasteiger partial charge in [-0.1, -0.05) is 66.8 Å². The van der Waals surface area contributed by atoms with E-state index >= 15 is 0 Å². The molecular weight excluding hydrogens is 333 g/mol. The lowest BCUT2D eigenvalue weighted by molar-refractivity contribution is 0.663. The van der Waals surface area contributed by atoms with Crippen LogP contribution in [0.4, 0.5) is 5.69 Å². The molecule has 2 aliphatic carbocycles. The number of hydrogen-bond donors (Lipinski definition) is 0. The Morgan fingerprint density at radius 3 is 2.81 bits per heavy atom. The third kappa shape index (κ3) is 1.87. The SMILES string of the molecule is C1=C2C=CC=CC=1C1C=CC=CC1N1B2c2sccc2-c2ccccc21. The van der Waals surface area contributed by atoms with Gasteiger partial charge in [-0.15, -0.1) is 5.73 Å². The second kappa shape index (κ2) is 5.38. The van der Waals surface area contributed by atoms with E-state index in [4.69, 9.17) is 0 Å². The van der Waals surface area contributed by atoms with Gasteiger partial charge < -0.3 is 4.81 Å². The van der Waals surface area contributed by atoms with Gasteiger partial charge in [0.15, 0.2) is 0 Å². The molecule has 0 saturated heterocycles. The van der Waals surface area contributed by atoms with E-state index in [9.17, 15) is 0 Å². The third-order valence-corrected chi connectivity index (χ3v) is 6.70. The van der Waals surface area contributed by atoms with Crippen LogP contribution in [-0.2, 0) is 0 Å². The summed E-state index contributed by atoms with van der Waals surface area (Å²) in [7, 11) is 0. The van der Waals surface area contributed by atoms with Crippen molar-refractivity contribution in [2.75, 3.05) is 4.81 Å². The Morgan fingerprint density at radius 1 is 0.923 bits per heavy atom. The van der Waals surface area contributed by atoms with Crippen LogP contribution in [0.15, 0.2) is 101 Å². The molecule has 4 aliphatic rings. The fourth-order valence-electron chi connectivity index (χ4n) is 4.64. The minimum Gasteiger partial charge on any atom is -0.398 e. The molecule has 2 aromatic rings. The van der Waals surface area contributed by atoms with E-state index in [2.05, 4.69) is 94.9 Å². The van der Waals surface area contributed by atoms with E-state index < -0.39 is 0 Å². The highest BCUT2D eigenvalue weighted by Crippen LogP contribution is 2.43. The van der Waals surface area contributed by atoms with Gasteiger partial charge in [0.2, 0.25) is 0 Å². The number of allylic oxidation sites excluding steroid dienone is 6. The number of benzene rings is 1. The van der Waals surface area contributed by atoms with Crippen LogP contribution in [0, 0.1) is 5.92 Å². The molecule has 0 radical (unpaired) electrons. The van der Waals surface area contributed by atoms with Gasteiger partial charge in [0.25, 0.3) is 0 Å². The Bertz CT molecular complexity index is 1110. The Balaban J connectivity index is 1.69. The molecule has 0 spiro atoms. The Labute approximate surface area is 157 Å². The van der Waals surface area contributed by atoms with Crippen molar-refractivity contribution in [3.8, 4) is 11.1 Å².